The van der Waals surface area contributed by atoms with Crippen LogP contribution in [0.3, 0.4) is 0 Å². The van der Waals surface area contributed by atoms with Gasteiger partial charge in [0.05, 0.1) is 28.6 Å². The van der Waals surface area contributed by atoms with Gasteiger partial charge >= 0.3 is 5.97 Å². The Hall–Kier alpha value is -2.97. The van der Waals surface area contributed by atoms with Gasteiger partial charge in [-0.05, 0) is 55.0 Å². The Kier molecular flexibility index (Phi) is 5.35. The van der Waals surface area contributed by atoms with E-state index in [0.29, 0.717) is 12.8 Å². The molecule has 1 saturated carbocycles. The number of hydrogen-bond donors (Lipinski definition) is 3. The molecule has 166 valence electrons. The molecule has 0 radical (unpaired) electrons. The summed E-state index contributed by atoms with van der Waals surface area (Å²) in [5.41, 5.74) is 7.81. The zero-order chi connectivity index (χ0) is 22.3. The number of carboxylic acids is 1. The maximum absolute atomic E-state index is 13.2. The molecule has 2 aliphatic carbocycles. The molecule has 0 atom stereocenters. The molecular weight excluding hydrogens is 426 g/mol. The van der Waals surface area contributed by atoms with Crippen LogP contribution < -0.4 is 15.8 Å². The molecule has 7 nitrogen and oxygen atoms in total. The first-order valence-electron chi connectivity index (χ1n) is 10.8. The van der Waals surface area contributed by atoms with Crippen LogP contribution in [0.5, 0.6) is 5.75 Å². The largest absolute Gasteiger partial charge is 0.490 e. The molecule has 2 aromatic carbocycles. The van der Waals surface area contributed by atoms with Gasteiger partial charge in [0.25, 0.3) is 0 Å². The standard InChI is InChI=1S/C24H25N3O4S/c25-16-7-18(8-16)31-17-5-6-19-20(9-17)32-21(27-19)13-26-23(30)24(12-22(28)29)10-14-3-1-2-4-15(14)11-24/h1-6,9,16,18H,7-8,10-13,25H2,(H,26,30)(H,28,29). The first-order chi connectivity index (χ1) is 15.4. The Morgan fingerprint density at radius 2 is 1.91 bits per heavy atom. The summed E-state index contributed by atoms with van der Waals surface area (Å²) in [6.45, 7) is 0.267. The number of rotatable bonds is 7. The van der Waals surface area contributed by atoms with Gasteiger partial charge in [0, 0.05) is 6.04 Å². The fraction of sp³-hybridized carbons (Fsp3) is 0.375. The monoisotopic (exact) mass is 451 g/mol. The zero-order valence-electron chi connectivity index (χ0n) is 17.5. The predicted molar refractivity (Wildman–Crippen MR) is 122 cm³/mol. The van der Waals surface area contributed by atoms with E-state index in [0.717, 1.165) is 44.9 Å². The summed E-state index contributed by atoms with van der Waals surface area (Å²) in [4.78, 5) is 29.3. The quantitative estimate of drug-likeness (QED) is 0.509. The summed E-state index contributed by atoms with van der Waals surface area (Å²) in [6.07, 6.45) is 2.60. The highest BCUT2D eigenvalue weighted by Gasteiger charge is 2.45. The predicted octanol–water partition coefficient (Wildman–Crippen LogP) is 3.04. The maximum Gasteiger partial charge on any atom is 0.304 e. The molecule has 32 heavy (non-hydrogen) atoms. The van der Waals surface area contributed by atoms with Crippen molar-refractivity contribution < 1.29 is 19.4 Å². The molecular formula is C24H25N3O4S. The first-order valence-corrected chi connectivity index (χ1v) is 11.6. The van der Waals surface area contributed by atoms with E-state index in [4.69, 9.17) is 10.5 Å². The number of carbonyl (C=O) groups is 2. The molecule has 1 heterocycles. The van der Waals surface area contributed by atoms with E-state index in [9.17, 15) is 14.7 Å². The van der Waals surface area contributed by atoms with Crippen LogP contribution in [0.4, 0.5) is 0 Å². The normalized spacial score (nSPS) is 21.0. The fourth-order valence-corrected chi connectivity index (χ4v) is 5.62. The van der Waals surface area contributed by atoms with Gasteiger partial charge in [0.2, 0.25) is 5.91 Å². The van der Waals surface area contributed by atoms with E-state index >= 15 is 0 Å². The van der Waals surface area contributed by atoms with Crippen molar-refractivity contribution in [3.05, 3.63) is 58.6 Å². The Morgan fingerprint density at radius 3 is 2.56 bits per heavy atom. The number of amides is 1. The highest BCUT2D eigenvalue weighted by atomic mass is 32.1. The minimum atomic E-state index is -0.965. The number of benzene rings is 2. The highest BCUT2D eigenvalue weighted by Crippen LogP contribution is 2.40. The molecule has 0 spiro atoms. The third-order valence-corrected chi connectivity index (χ3v) is 7.40. The molecule has 4 N–H and O–H groups in total. The van der Waals surface area contributed by atoms with Crippen LogP contribution in [0.25, 0.3) is 10.2 Å². The van der Waals surface area contributed by atoms with Crippen molar-refractivity contribution in [2.24, 2.45) is 11.1 Å². The van der Waals surface area contributed by atoms with Gasteiger partial charge in [0.1, 0.15) is 16.9 Å². The second kappa shape index (κ2) is 8.18. The van der Waals surface area contributed by atoms with Gasteiger partial charge < -0.3 is 20.9 Å². The number of hydrogen-bond acceptors (Lipinski definition) is 6. The van der Waals surface area contributed by atoms with E-state index in [-0.39, 0.29) is 31.0 Å². The van der Waals surface area contributed by atoms with Crippen LogP contribution in [0, 0.1) is 5.41 Å². The third kappa shape index (κ3) is 4.08. The Bertz CT molecular complexity index is 1160. The van der Waals surface area contributed by atoms with E-state index < -0.39 is 11.4 Å². The Balaban J connectivity index is 1.27. The van der Waals surface area contributed by atoms with Gasteiger partial charge in [-0.1, -0.05) is 24.3 Å². The van der Waals surface area contributed by atoms with Gasteiger partial charge in [-0.2, -0.15) is 0 Å². The molecule has 0 unspecified atom stereocenters. The number of thiazole rings is 1. The summed E-state index contributed by atoms with van der Waals surface area (Å²) in [6, 6.07) is 13.8. The van der Waals surface area contributed by atoms with E-state index in [1.54, 1.807) is 0 Å². The average Bonchev–Trinajstić information content (AvgIpc) is 3.31. The molecule has 0 bridgehead atoms. The second-order valence-corrected chi connectivity index (χ2v) is 9.98. The van der Waals surface area contributed by atoms with Crippen LogP contribution in [0.1, 0.15) is 35.4 Å². The van der Waals surface area contributed by atoms with E-state index in [1.165, 1.54) is 11.3 Å². The van der Waals surface area contributed by atoms with Crippen LogP contribution in [-0.2, 0) is 29.0 Å². The number of carboxylic acid groups (broad SMARTS) is 1. The van der Waals surface area contributed by atoms with Gasteiger partial charge in [0.15, 0.2) is 0 Å². The smallest absolute Gasteiger partial charge is 0.304 e. The minimum Gasteiger partial charge on any atom is -0.490 e. The van der Waals surface area contributed by atoms with Gasteiger partial charge in [-0.15, -0.1) is 11.3 Å². The summed E-state index contributed by atoms with van der Waals surface area (Å²) >= 11 is 1.50. The lowest BCUT2D eigenvalue weighted by atomic mass is 9.80. The molecule has 8 heteroatoms. The summed E-state index contributed by atoms with van der Waals surface area (Å²) < 4.78 is 6.95. The molecule has 0 saturated heterocycles. The SMILES string of the molecule is NC1CC(Oc2ccc3nc(CNC(=O)C4(CC(=O)O)Cc5ccccc5C4)sc3c2)C1. The molecule has 1 fully saturated rings. The summed E-state index contributed by atoms with van der Waals surface area (Å²) in [5, 5.41) is 13.2. The second-order valence-electron chi connectivity index (χ2n) is 8.86. The summed E-state index contributed by atoms with van der Waals surface area (Å²) in [7, 11) is 0. The molecule has 0 aliphatic heterocycles. The van der Waals surface area contributed by atoms with Crippen molar-refractivity contribution in [3.8, 4) is 5.75 Å². The fourth-order valence-electron chi connectivity index (χ4n) is 4.69. The van der Waals surface area contributed by atoms with E-state index in [2.05, 4.69) is 10.3 Å². The number of aliphatic carboxylic acids is 1. The van der Waals surface area contributed by atoms with Crippen molar-refractivity contribution >= 4 is 33.4 Å². The van der Waals surface area contributed by atoms with Crippen LogP contribution in [0.2, 0.25) is 0 Å². The molecule has 1 amide bonds. The average molecular weight is 452 g/mol. The Morgan fingerprint density at radius 1 is 1.19 bits per heavy atom. The van der Waals surface area contributed by atoms with Gasteiger partial charge in [-0.25, -0.2) is 4.98 Å². The van der Waals surface area contributed by atoms with Crippen LogP contribution >= 0.6 is 11.3 Å². The number of nitrogens with zero attached hydrogens (tertiary/aromatic N) is 1. The number of carbonyl (C=O) groups excluding carboxylic acids is 1. The van der Waals surface area contributed by atoms with Crippen molar-refractivity contribution in [3.63, 3.8) is 0 Å². The zero-order valence-corrected chi connectivity index (χ0v) is 18.4. The molecule has 2 aliphatic rings. The van der Waals surface area contributed by atoms with Crippen LogP contribution in [-0.4, -0.2) is 34.1 Å². The van der Waals surface area contributed by atoms with E-state index in [1.807, 2.05) is 42.5 Å². The molecule has 3 aromatic rings. The lowest BCUT2D eigenvalue weighted by molar-refractivity contribution is -0.145. The Labute approximate surface area is 189 Å². The number of ether oxygens (including phenoxy) is 1. The van der Waals surface area contributed by atoms with Crippen LogP contribution in [0.15, 0.2) is 42.5 Å². The lowest BCUT2D eigenvalue weighted by Crippen LogP contribution is -2.43. The lowest BCUT2D eigenvalue weighted by Gasteiger charge is -2.32. The maximum atomic E-state index is 13.2. The number of nitrogens with two attached hydrogens (primary N) is 1. The van der Waals surface area contributed by atoms with Crippen molar-refractivity contribution in [2.45, 2.75) is 50.8 Å². The first kappa shape index (κ1) is 20.9. The van der Waals surface area contributed by atoms with Crippen molar-refractivity contribution in [1.82, 2.24) is 10.3 Å². The topological polar surface area (TPSA) is 115 Å². The summed E-state index contributed by atoms with van der Waals surface area (Å²) in [5.74, 6) is -0.397. The molecule has 1 aromatic heterocycles. The van der Waals surface area contributed by atoms with Gasteiger partial charge in [-0.3, -0.25) is 9.59 Å². The number of fused-ring (bicyclic) bond motifs is 2. The molecule has 5 rings (SSSR count). The minimum absolute atomic E-state index is 0.176. The number of aromatic nitrogens is 1. The van der Waals surface area contributed by atoms with Crippen molar-refractivity contribution in [1.29, 1.82) is 0 Å². The van der Waals surface area contributed by atoms with Crippen molar-refractivity contribution in [2.75, 3.05) is 0 Å². The highest BCUT2D eigenvalue weighted by molar-refractivity contribution is 7.18. The number of nitrogens with one attached hydrogen (secondary N) is 1. The third-order valence-electron chi connectivity index (χ3n) is 6.39.